The van der Waals surface area contributed by atoms with Crippen molar-refractivity contribution in [3.05, 3.63) is 41.3 Å². The Labute approximate surface area is 116 Å². The minimum Gasteiger partial charge on any atom is -0.431 e. The number of anilines is 1. The molecule has 0 atom stereocenters. The number of pyridine rings is 1. The van der Waals surface area contributed by atoms with Crippen molar-refractivity contribution in [3.63, 3.8) is 0 Å². The van der Waals surface area contributed by atoms with Gasteiger partial charge in [-0.25, -0.2) is 14.4 Å². The van der Waals surface area contributed by atoms with Gasteiger partial charge in [0.15, 0.2) is 11.4 Å². The maximum atomic E-state index is 13.6. The average molecular weight is 296 g/mol. The number of nitrogen functional groups attached to an aromatic ring is 1. The normalized spacial score (nSPS) is 11.1. The van der Waals surface area contributed by atoms with Crippen LogP contribution >= 0.6 is 23.4 Å². The molecule has 3 rings (SSSR count). The highest BCUT2D eigenvalue weighted by molar-refractivity contribution is 7.99. The van der Waals surface area contributed by atoms with Crippen LogP contribution < -0.4 is 5.73 Å². The average Bonchev–Trinajstić information content (AvgIpc) is 2.74. The Morgan fingerprint density at radius 1 is 1.32 bits per heavy atom. The summed E-state index contributed by atoms with van der Waals surface area (Å²) in [7, 11) is 0. The van der Waals surface area contributed by atoms with Gasteiger partial charge in [-0.15, -0.1) is 0 Å². The molecule has 0 saturated heterocycles. The van der Waals surface area contributed by atoms with E-state index in [1.807, 2.05) is 0 Å². The van der Waals surface area contributed by atoms with Crippen LogP contribution in [0.1, 0.15) is 0 Å². The molecule has 0 bridgehead atoms. The molecule has 0 unspecified atom stereocenters. The minimum absolute atomic E-state index is 0.156. The lowest BCUT2D eigenvalue weighted by Gasteiger charge is -1.98. The Morgan fingerprint density at radius 2 is 2.16 bits per heavy atom. The maximum absolute atomic E-state index is 13.6. The largest absolute Gasteiger partial charge is 0.431 e. The van der Waals surface area contributed by atoms with Crippen LogP contribution in [0.25, 0.3) is 11.1 Å². The fourth-order valence-corrected chi connectivity index (χ4v) is 2.37. The topological polar surface area (TPSA) is 64.9 Å². The molecule has 2 N–H and O–H groups in total. The van der Waals surface area contributed by atoms with Crippen molar-refractivity contribution in [3.8, 4) is 0 Å². The van der Waals surface area contributed by atoms with E-state index in [4.69, 9.17) is 21.8 Å². The van der Waals surface area contributed by atoms with Crippen LogP contribution in [-0.4, -0.2) is 9.97 Å². The van der Waals surface area contributed by atoms with Gasteiger partial charge in [0.1, 0.15) is 10.5 Å². The predicted octanol–water partition coefficient (Wildman–Crippen LogP) is 3.75. The van der Waals surface area contributed by atoms with E-state index in [1.165, 1.54) is 12.3 Å². The second kappa shape index (κ2) is 4.71. The van der Waals surface area contributed by atoms with Gasteiger partial charge in [0.05, 0.1) is 5.02 Å². The zero-order valence-electron chi connectivity index (χ0n) is 9.43. The SMILES string of the molecule is Nc1ccc2nc(Sc3ncc(Cl)cc3F)oc2c1. The monoisotopic (exact) mass is 295 g/mol. The highest BCUT2D eigenvalue weighted by atomic mass is 35.5. The first-order valence-electron chi connectivity index (χ1n) is 5.27. The lowest BCUT2D eigenvalue weighted by atomic mass is 10.3. The zero-order chi connectivity index (χ0) is 13.4. The third-order valence-corrected chi connectivity index (χ3v) is 3.40. The van der Waals surface area contributed by atoms with E-state index in [0.717, 1.165) is 11.8 Å². The molecule has 2 aromatic heterocycles. The molecular weight excluding hydrogens is 289 g/mol. The molecule has 0 spiro atoms. The number of fused-ring (bicyclic) bond motifs is 1. The third-order valence-electron chi connectivity index (χ3n) is 2.35. The number of benzene rings is 1. The summed E-state index contributed by atoms with van der Waals surface area (Å²) in [6.45, 7) is 0. The van der Waals surface area contributed by atoms with Gasteiger partial charge in [0, 0.05) is 18.0 Å². The molecule has 0 aliphatic carbocycles. The van der Waals surface area contributed by atoms with Gasteiger partial charge in [0.2, 0.25) is 0 Å². The molecule has 0 saturated carbocycles. The summed E-state index contributed by atoms with van der Waals surface area (Å²) >= 11 is 6.63. The second-order valence-corrected chi connectivity index (χ2v) is 5.13. The van der Waals surface area contributed by atoms with Gasteiger partial charge in [-0.3, -0.25) is 0 Å². The number of nitrogens with two attached hydrogens (primary N) is 1. The highest BCUT2D eigenvalue weighted by Gasteiger charge is 2.12. The Balaban J connectivity index is 1.96. The first-order valence-corrected chi connectivity index (χ1v) is 6.46. The standard InChI is InChI=1S/C12H7ClFN3OS/c13-6-3-8(14)11(16-5-6)19-12-17-9-2-1-7(15)4-10(9)18-12/h1-5H,15H2. The number of halogens is 2. The fourth-order valence-electron chi connectivity index (χ4n) is 1.52. The van der Waals surface area contributed by atoms with Gasteiger partial charge in [-0.05, 0) is 30.0 Å². The Kier molecular flexibility index (Phi) is 3.04. The van der Waals surface area contributed by atoms with Crippen LogP contribution in [0.4, 0.5) is 10.1 Å². The predicted molar refractivity (Wildman–Crippen MR) is 71.7 cm³/mol. The van der Waals surface area contributed by atoms with Gasteiger partial charge < -0.3 is 10.2 Å². The van der Waals surface area contributed by atoms with E-state index in [-0.39, 0.29) is 10.0 Å². The van der Waals surface area contributed by atoms with Crippen molar-refractivity contribution in [2.45, 2.75) is 10.2 Å². The van der Waals surface area contributed by atoms with Crippen molar-refractivity contribution in [1.82, 2.24) is 9.97 Å². The third kappa shape index (κ3) is 2.50. The molecular formula is C12H7ClFN3OS. The van der Waals surface area contributed by atoms with E-state index in [0.29, 0.717) is 22.0 Å². The van der Waals surface area contributed by atoms with Crippen LogP contribution in [0, 0.1) is 5.82 Å². The summed E-state index contributed by atoms with van der Waals surface area (Å²) in [5.41, 5.74) is 7.44. The van der Waals surface area contributed by atoms with E-state index in [9.17, 15) is 4.39 Å². The second-order valence-electron chi connectivity index (χ2n) is 3.75. The van der Waals surface area contributed by atoms with E-state index < -0.39 is 5.82 Å². The van der Waals surface area contributed by atoms with Gasteiger partial charge >= 0.3 is 0 Å². The molecule has 0 aliphatic rings. The first-order chi connectivity index (χ1) is 9.11. The van der Waals surface area contributed by atoms with E-state index >= 15 is 0 Å². The van der Waals surface area contributed by atoms with Gasteiger partial charge in [-0.1, -0.05) is 11.6 Å². The number of rotatable bonds is 2. The first kappa shape index (κ1) is 12.3. The number of aromatic nitrogens is 2. The summed E-state index contributed by atoms with van der Waals surface area (Å²) in [4.78, 5) is 8.11. The Hall–Kier alpha value is -1.79. The van der Waals surface area contributed by atoms with Crippen molar-refractivity contribution < 1.29 is 8.81 Å². The maximum Gasteiger partial charge on any atom is 0.263 e. The molecule has 0 fully saturated rings. The summed E-state index contributed by atoms with van der Waals surface area (Å²) in [5.74, 6) is -0.515. The van der Waals surface area contributed by atoms with Gasteiger partial charge in [0.25, 0.3) is 5.22 Å². The van der Waals surface area contributed by atoms with E-state index in [2.05, 4.69) is 9.97 Å². The number of hydrogen-bond acceptors (Lipinski definition) is 5. The number of nitrogens with zero attached hydrogens (tertiary/aromatic N) is 2. The Bertz CT molecular complexity index is 762. The molecule has 7 heteroatoms. The van der Waals surface area contributed by atoms with Gasteiger partial charge in [-0.2, -0.15) is 0 Å². The summed E-state index contributed by atoms with van der Waals surface area (Å²) < 4.78 is 19.1. The molecule has 19 heavy (non-hydrogen) atoms. The van der Waals surface area contributed by atoms with Crippen molar-refractivity contribution in [1.29, 1.82) is 0 Å². The number of oxazole rings is 1. The van der Waals surface area contributed by atoms with Crippen LogP contribution in [-0.2, 0) is 0 Å². The minimum atomic E-state index is -0.515. The smallest absolute Gasteiger partial charge is 0.263 e. The molecule has 0 amide bonds. The van der Waals surface area contributed by atoms with Crippen LogP contribution in [0.2, 0.25) is 5.02 Å². The highest BCUT2D eigenvalue weighted by Crippen LogP contribution is 2.31. The quantitative estimate of drug-likeness (QED) is 0.729. The van der Waals surface area contributed by atoms with Crippen molar-refractivity contribution >= 4 is 40.1 Å². The number of hydrogen-bond donors (Lipinski definition) is 1. The van der Waals surface area contributed by atoms with Crippen LogP contribution in [0.5, 0.6) is 0 Å². The molecule has 0 aliphatic heterocycles. The lowest BCUT2D eigenvalue weighted by Crippen LogP contribution is -1.86. The fraction of sp³-hybridized carbons (Fsp3) is 0. The lowest BCUT2D eigenvalue weighted by molar-refractivity contribution is 0.487. The molecule has 4 nitrogen and oxygen atoms in total. The van der Waals surface area contributed by atoms with Crippen LogP contribution in [0.15, 0.2) is 45.1 Å². The van der Waals surface area contributed by atoms with E-state index in [1.54, 1.807) is 18.2 Å². The summed E-state index contributed by atoms with van der Waals surface area (Å²) in [6.07, 6.45) is 1.37. The zero-order valence-corrected chi connectivity index (χ0v) is 11.0. The molecule has 0 radical (unpaired) electrons. The molecule has 1 aromatic carbocycles. The molecule has 96 valence electrons. The summed E-state index contributed by atoms with van der Waals surface area (Å²) in [5, 5.41) is 0.699. The summed E-state index contributed by atoms with van der Waals surface area (Å²) in [6, 6.07) is 6.32. The molecule has 2 heterocycles. The Morgan fingerprint density at radius 3 is 2.95 bits per heavy atom. The van der Waals surface area contributed by atoms with Crippen LogP contribution in [0.3, 0.4) is 0 Å². The van der Waals surface area contributed by atoms with Crippen molar-refractivity contribution in [2.75, 3.05) is 5.73 Å². The molecule has 3 aromatic rings. The van der Waals surface area contributed by atoms with Crippen molar-refractivity contribution in [2.24, 2.45) is 0 Å².